The molecule has 0 bridgehead atoms. The number of carbonyl (C=O) groups is 1. The summed E-state index contributed by atoms with van der Waals surface area (Å²) < 4.78 is 5.47. The molecule has 0 aromatic heterocycles. The smallest absolute Gasteiger partial charge is 0.159 e. The highest BCUT2D eigenvalue weighted by atomic mass is 16.8. The van der Waals surface area contributed by atoms with Crippen molar-refractivity contribution >= 4 is 22.8 Å². The molecule has 2 N–H and O–H groups in total. The van der Waals surface area contributed by atoms with Gasteiger partial charge in [-0.15, -0.1) is 0 Å². The number of ether oxygens (including phenoxy) is 1. The average molecular weight is 363 g/mol. The fraction of sp³-hybridized carbons (Fsp3) is 0.0952. The molecule has 0 amide bonds. The van der Waals surface area contributed by atoms with Gasteiger partial charge in [0.25, 0.3) is 0 Å². The summed E-state index contributed by atoms with van der Waals surface area (Å²) in [6, 6.07) is 19.4. The number of benzene rings is 3. The molecule has 0 saturated carbocycles. The van der Waals surface area contributed by atoms with Gasteiger partial charge < -0.3 is 20.5 Å². The number of ketones is 1. The lowest BCUT2D eigenvalue weighted by Gasteiger charge is -2.21. The molecular weight excluding hydrogens is 344 g/mol. The van der Waals surface area contributed by atoms with Crippen molar-refractivity contribution in [2.75, 3.05) is 17.7 Å². The summed E-state index contributed by atoms with van der Waals surface area (Å²) in [6.07, 6.45) is 0. The van der Waals surface area contributed by atoms with Crippen LogP contribution in [0.2, 0.25) is 0 Å². The molecule has 0 spiro atoms. The fourth-order valence-electron chi connectivity index (χ4n) is 2.76. The minimum Gasteiger partial charge on any atom is -0.733 e. The molecule has 138 valence electrons. The van der Waals surface area contributed by atoms with E-state index in [2.05, 4.69) is 5.32 Å². The lowest BCUT2D eigenvalue weighted by Crippen LogP contribution is -2.06. The number of anilines is 3. The van der Waals surface area contributed by atoms with Crippen LogP contribution in [-0.4, -0.2) is 18.1 Å². The molecule has 0 unspecified atom stereocenters. The van der Waals surface area contributed by atoms with Crippen LogP contribution in [0.5, 0.6) is 5.75 Å². The van der Waals surface area contributed by atoms with Gasteiger partial charge in [-0.2, -0.15) is 0 Å². The van der Waals surface area contributed by atoms with Gasteiger partial charge in [-0.1, -0.05) is 18.2 Å². The van der Waals surface area contributed by atoms with Crippen LogP contribution in [0, 0.1) is 5.21 Å². The number of rotatable bonds is 6. The normalized spacial score (nSPS) is 10.4. The van der Waals surface area contributed by atoms with Crippen LogP contribution in [0.3, 0.4) is 0 Å². The Morgan fingerprint density at radius 3 is 2.37 bits per heavy atom. The van der Waals surface area contributed by atoms with Crippen molar-refractivity contribution < 1.29 is 14.7 Å². The molecule has 0 aliphatic rings. The number of carbonyl (C=O) groups excluding carboxylic acids is 1. The summed E-state index contributed by atoms with van der Waals surface area (Å²) in [5.74, 6) is 0.695. The molecule has 3 rings (SSSR count). The summed E-state index contributed by atoms with van der Waals surface area (Å²) in [5, 5.41) is 22.8. The topological polar surface area (TPSA) is 84.9 Å². The van der Waals surface area contributed by atoms with Gasteiger partial charge in [0, 0.05) is 22.5 Å². The van der Waals surface area contributed by atoms with Crippen molar-refractivity contribution in [1.29, 1.82) is 0 Å². The Balaban J connectivity index is 1.94. The zero-order chi connectivity index (χ0) is 19.4. The fourth-order valence-corrected chi connectivity index (χ4v) is 2.76. The molecule has 3 aromatic carbocycles. The van der Waals surface area contributed by atoms with E-state index >= 15 is 0 Å². The van der Waals surface area contributed by atoms with E-state index in [9.17, 15) is 10.0 Å². The largest absolute Gasteiger partial charge is 0.733 e. The highest BCUT2D eigenvalue weighted by Gasteiger charge is 2.09. The predicted molar refractivity (Wildman–Crippen MR) is 106 cm³/mol. The number of nitrogens with zero attached hydrogens (tertiary/aromatic N) is 1. The molecule has 0 heterocycles. The summed E-state index contributed by atoms with van der Waals surface area (Å²) in [4.78, 5) is 11.7. The second kappa shape index (κ2) is 7.90. The monoisotopic (exact) mass is 363 g/mol. The van der Waals surface area contributed by atoms with Crippen molar-refractivity contribution in [2.45, 2.75) is 6.92 Å². The molecule has 3 aromatic rings. The molecule has 0 aliphatic carbocycles. The van der Waals surface area contributed by atoms with Crippen molar-refractivity contribution in [3.8, 4) is 16.9 Å². The molecule has 0 aliphatic heterocycles. The van der Waals surface area contributed by atoms with Crippen molar-refractivity contribution in [1.82, 2.24) is 0 Å². The van der Waals surface area contributed by atoms with Crippen LogP contribution in [0.15, 0.2) is 66.7 Å². The van der Waals surface area contributed by atoms with Crippen LogP contribution >= 0.6 is 0 Å². The Labute approximate surface area is 157 Å². The van der Waals surface area contributed by atoms with E-state index in [1.54, 1.807) is 25.3 Å². The molecule has 0 atom stereocenters. The quantitative estimate of drug-likeness (QED) is 0.473. The number of Topliss-reactive ketones (excluding diaryl/α,β-unsaturated/α-hetero) is 1. The summed E-state index contributed by atoms with van der Waals surface area (Å²) in [7, 11) is 1.60. The van der Waals surface area contributed by atoms with Gasteiger partial charge in [-0.05, 0) is 61.0 Å². The Morgan fingerprint density at radius 1 is 1.04 bits per heavy atom. The third kappa shape index (κ3) is 4.25. The van der Waals surface area contributed by atoms with Crippen LogP contribution < -0.4 is 15.3 Å². The maximum Gasteiger partial charge on any atom is 0.159 e. The third-order valence-electron chi connectivity index (χ3n) is 4.16. The highest BCUT2D eigenvalue weighted by molar-refractivity contribution is 5.95. The summed E-state index contributed by atoms with van der Waals surface area (Å²) >= 11 is 0. The van der Waals surface area contributed by atoms with E-state index in [0.29, 0.717) is 11.3 Å². The van der Waals surface area contributed by atoms with Crippen molar-refractivity contribution in [3.63, 3.8) is 0 Å². The average Bonchev–Trinajstić information content (AvgIpc) is 2.68. The maximum absolute atomic E-state index is 11.7. The molecule has 0 fully saturated rings. The standard InChI is InChI=1S/C21H19N2O4/c1-14(24)15-4-3-5-16(12-15)20-13-18(8-11-21(20)27-2)22-17-6-9-19(10-7-17)23(25)26/h3-13,22,25H,1-2H3/q-1. The third-order valence-corrected chi connectivity index (χ3v) is 4.16. The highest BCUT2D eigenvalue weighted by Crippen LogP contribution is 2.34. The summed E-state index contributed by atoms with van der Waals surface area (Å²) in [6.45, 7) is 1.54. The van der Waals surface area contributed by atoms with Crippen LogP contribution in [0.4, 0.5) is 17.1 Å². The van der Waals surface area contributed by atoms with Crippen LogP contribution in [0.1, 0.15) is 17.3 Å². The first kappa shape index (κ1) is 18.4. The molecule has 6 heteroatoms. The van der Waals surface area contributed by atoms with Gasteiger partial charge in [0.05, 0.1) is 12.8 Å². The Hall–Kier alpha value is -3.35. The second-order valence-corrected chi connectivity index (χ2v) is 6.00. The van der Waals surface area contributed by atoms with Crippen molar-refractivity contribution in [2.24, 2.45) is 0 Å². The first-order valence-electron chi connectivity index (χ1n) is 8.30. The van der Waals surface area contributed by atoms with Gasteiger partial charge in [-0.25, -0.2) is 0 Å². The lowest BCUT2D eigenvalue weighted by molar-refractivity contribution is 0.101. The minimum absolute atomic E-state index is 0.00138. The molecular formula is C21H19N2O4-. The molecule has 0 saturated heterocycles. The number of hydrogen-bond acceptors (Lipinski definition) is 6. The van der Waals surface area contributed by atoms with Gasteiger partial charge in [0.2, 0.25) is 0 Å². The maximum atomic E-state index is 11.7. The molecule has 0 radical (unpaired) electrons. The summed E-state index contributed by atoms with van der Waals surface area (Å²) in [5.41, 5.74) is 4.08. The van der Waals surface area contributed by atoms with E-state index in [4.69, 9.17) is 9.94 Å². The second-order valence-electron chi connectivity index (χ2n) is 6.00. The zero-order valence-corrected chi connectivity index (χ0v) is 15.0. The van der Waals surface area contributed by atoms with Crippen molar-refractivity contribution in [3.05, 3.63) is 77.5 Å². The Kier molecular flexibility index (Phi) is 5.40. The Bertz CT molecular complexity index is 953. The van der Waals surface area contributed by atoms with E-state index in [-0.39, 0.29) is 16.7 Å². The van der Waals surface area contributed by atoms with Gasteiger partial charge in [-0.3, -0.25) is 10.0 Å². The van der Waals surface area contributed by atoms with Gasteiger partial charge >= 0.3 is 0 Å². The zero-order valence-electron chi connectivity index (χ0n) is 15.0. The number of hydrogen-bond donors (Lipinski definition) is 2. The number of nitrogens with one attached hydrogen (secondary N) is 1. The first-order valence-corrected chi connectivity index (χ1v) is 8.30. The van der Waals surface area contributed by atoms with E-state index in [1.807, 2.05) is 36.4 Å². The number of methoxy groups -OCH3 is 1. The van der Waals surface area contributed by atoms with Gasteiger partial charge in [0.15, 0.2) is 5.78 Å². The van der Waals surface area contributed by atoms with E-state index < -0.39 is 0 Å². The molecule has 27 heavy (non-hydrogen) atoms. The van der Waals surface area contributed by atoms with Crippen LogP contribution in [-0.2, 0) is 0 Å². The molecule has 6 nitrogen and oxygen atoms in total. The van der Waals surface area contributed by atoms with E-state index in [0.717, 1.165) is 22.5 Å². The lowest BCUT2D eigenvalue weighted by atomic mass is 10.00. The van der Waals surface area contributed by atoms with E-state index in [1.165, 1.54) is 19.1 Å². The van der Waals surface area contributed by atoms with Gasteiger partial charge in [0.1, 0.15) is 5.75 Å². The SMILES string of the molecule is COc1ccc(Nc2ccc(N([O-])O)cc2)cc1-c1cccc(C(C)=O)c1. The predicted octanol–water partition coefficient (Wildman–Crippen LogP) is 5.00. The minimum atomic E-state index is -0.183. The Morgan fingerprint density at radius 2 is 1.74 bits per heavy atom. The van der Waals surface area contributed by atoms with Crippen LogP contribution in [0.25, 0.3) is 11.1 Å². The first-order chi connectivity index (χ1) is 13.0.